The van der Waals surface area contributed by atoms with Crippen LogP contribution in [0.1, 0.15) is 49.7 Å². The Labute approximate surface area is 185 Å². The molecule has 1 aliphatic heterocycles. The molecule has 2 fully saturated rings. The van der Waals surface area contributed by atoms with E-state index in [0.717, 1.165) is 32.2 Å². The molecule has 0 radical (unpaired) electrons. The minimum Gasteiger partial charge on any atom is -0.303 e. The zero-order valence-corrected chi connectivity index (χ0v) is 18.2. The molecule has 31 heavy (non-hydrogen) atoms. The number of rotatable bonds is 8. The van der Waals surface area contributed by atoms with Crippen LogP contribution < -0.4 is 0 Å². The van der Waals surface area contributed by atoms with Crippen LogP contribution in [0.4, 0.5) is 0 Å². The van der Waals surface area contributed by atoms with E-state index in [-0.39, 0.29) is 0 Å². The normalized spacial score (nSPS) is 24.1. The van der Waals surface area contributed by atoms with Crippen LogP contribution in [0.2, 0.25) is 0 Å². The molecule has 0 spiro atoms. The van der Waals surface area contributed by atoms with Crippen molar-refractivity contribution in [1.29, 1.82) is 0 Å². The van der Waals surface area contributed by atoms with Gasteiger partial charge in [-0.05, 0) is 30.4 Å². The highest BCUT2D eigenvalue weighted by atomic mass is 16.3. The number of aldehydes is 1. The van der Waals surface area contributed by atoms with E-state index in [1.165, 1.54) is 24.0 Å². The van der Waals surface area contributed by atoms with Crippen LogP contribution in [0.3, 0.4) is 0 Å². The Balaban J connectivity index is 1.68. The van der Waals surface area contributed by atoms with Crippen molar-refractivity contribution in [2.24, 2.45) is 5.18 Å². The second-order valence-electron chi connectivity index (χ2n) is 9.22. The molecule has 164 valence electrons. The van der Waals surface area contributed by atoms with Gasteiger partial charge in [0, 0.05) is 44.7 Å². The summed E-state index contributed by atoms with van der Waals surface area (Å²) in [5.41, 5.74) is 1.76. The smallest absolute Gasteiger partial charge is 0.128 e. The van der Waals surface area contributed by atoms with Gasteiger partial charge in [0.1, 0.15) is 11.8 Å². The number of nitrogens with zero attached hydrogens (tertiary/aromatic N) is 3. The highest BCUT2D eigenvalue weighted by Gasteiger charge is 2.46. The van der Waals surface area contributed by atoms with E-state index in [0.29, 0.717) is 38.0 Å². The first-order valence-electron chi connectivity index (χ1n) is 11.6. The van der Waals surface area contributed by atoms with E-state index >= 15 is 0 Å². The quantitative estimate of drug-likeness (QED) is 0.456. The number of nitroso groups, excluding NO2 is 1. The molecule has 0 bridgehead atoms. The van der Waals surface area contributed by atoms with Gasteiger partial charge in [-0.1, -0.05) is 78.7 Å². The standard InChI is InChI=1S/C26H33N3O2/c30-17-9-16-26(27-31)20-28(18-22-10-3-1-4-11-22)24-14-7-8-15-25(24)29(21-26)19-23-12-5-2-6-13-23/h1-6,10-13,17,24-25H,7-9,14-16,18-21H2/t24-,25-/m1/s1. The average molecular weight is 420 g/mol. The van der Waals surface area contributed by atoms with Crippen molar-refractivity contribution in [2.45, 2.75) is 69.2 Å². The SMILES string of the molecule is O=CCCC1(N=O)CN(Cc2ccccc2)[C@@H]2CCCC[C@H]2N(Cc2ccccc2)C1. The molecule has 0 N–H and O–H groups in total. The molecule has 2 atom stereocenters. The molecule has 1 heterocycles. The van der Waals surface area contributed by atoms with Crippen LogP contribution in [0, 0.1) is 4.91 Å². The Bertz CT molecular complexity index is 783. The lowest BCUT2D eigenvalue weighted by atomic mass is 9.88. The first-order valence-corrected chi connectivity index (χ1v) is 11.6. The van der Waals surface area contributed by atoms with E-state index < -0.39 is 5.54 Å². The Hall–Kier alpha value is -2.37. The van der Waals surface area contributed by atoms with Crippen LogP contribution in [-0.2, 0) is 17.9 Å². The van der Waals surface area contributed by atoms with E-state index in [2.05, 4.69) is 63.5 Å². The number of carbonyl (C=O) groups excluding carboxylic acids is 1. The molecular formula is C26H33N3O2. The summed E-state index contributed by atoms with van der Waals surface area (Å²) in [5, 5.41) is 3.73. The minimum absolute atomic E-state index is 0.374. The van der Waals surface area contributed by atoms with E-state index in [9.17, 15) is 9.70 Å². The van der Waals surface area contributed by atoms with Crippen LogP contribution >= 0.6 is 0 Å². The summed E-state index contributed by atoms with van der Waals surface area (Å²) in [7, 11) is 0. The molecule has 0 aromatic heterocycles. The maximum Gasteiger partial charge on any atom is 0.128 e. The van der Waals surface area contributed by atoms with E-state index in [1.54, 1.807) is 0 Å². The molecule has 1 aliphatic carbocycles. The second kappa shape index (κ2) is 10.3. The molecule has 1 saturated heterocycles. The Morgan fingerprint density at radius 2 is 1.32 bits per heavy atom. The molecule has 4 rings (SSSR count). The molecule has 0 unspecified atom stereocenters. The number of carbonyl (C=O) groups is 1. The van der Waals surface area contributed by atoms with E-state index in [1.807, 2.05) is 12.1 Å². The Morgan fingerprint density at radius 3 is 1.74 bits per heavy atom. The summed E-state index contributed by atoms with van der Waals surface area (Å²) in [6, 6.07) is 21.8. The monoisotopic (exact) mass is 419 g/mol. The number of hydrogen-bond acceptors (Lipinski definition) is 5. The van der Waals surface area contributed by atoms with Crippen LogP contribution in [0.25, 0.3) is 0 Å². The van der Waals surface area contributed by atoms with Crippen molar-refractivity contribution in [3.05, 3.63) is 76.7 Å². The van der Waals surface area contributed by atoms with Gasteiger partial charge in [-0.3, -0.25) is 9.80 Å². The van der Waals surface area contributed by atoms with Gasteiger partial charge in [-0.25, -0.2) is 0 Å². The lowest BCUT2D eigenvalue weighted by Gasteiger charge is -2.42. The molecule has 5 nitrogen and oxygen atoms in total. The molecule has 1 saturated carbocycles. The number of fused-ring (bicyclic) bond motifs is 1. The zero-order valence-electron chi connectivity index (χ0n) is 18.2. The summed E-state index contributed by atoms with van der Waals surface area (Å²) < 4.78 is 0. The van der Waals surface area contributed by atoms with Crippen LogP contribution in [0.5, 0.6) is 0 Å². The van der Waals surface area contributed by atoms with E-state index in [4.69, 9.17) is 0 Å². The fourth-order valence-corrected chi connectivity index (χ4v) is 5.56. The van der Waals surface area contributed by atoms with Gasteiger partial charge in [-0.2, -0.15) is 4.91 Å². The van der Waals surface area contributed by atoms with Crippen molar-refractivity contribution < 1.29 is 4.79 Å². The van der Waals surface area contributed by atoms with Crippen LogP contribution in [-0.4, -0.2) is 46.8 Å². The minimum atomic E-state index is -0.762. The fourth-order valence-electron chi connectivity index (χ4n) is 5.56. The summed E-state index contributed by atoms with van der Waals surface area (Å²) >= 11 is 0. The van der Waals surface area contributed by atoms with Gasteiger partial charge in [-0.15, -0.1) is 0 Å². The summed E-state index contributed by atoms with van der Waals surface area (Å²) in [6.07, 6.45) is 6.54. The third-order valence-electron chi connectivity index (χ3n) is 7.00. The molecular weight excluding hydrogens is 386 g/mol. The van der Waals surface area contributed by atoms with Gasteiger partial charge in [0.15, 0.2) is 0 Å². The number of hydrogen-bond donors (Lipinski definition) is 0. The van der Waals surface area contributed by atoms with Gasteiger partial charge >= 0.3 is 0 Å². The van der Waals surface area contributed by atoms with Crippen molar-refractivity contribution in [1.82, 2.24) is 9.80 Å². The van der Waals surface area contributed by atoms with Gasteiger partial charge in [0.25, 0.3) is 0 Å². The molecule has 2 aliphatic rings. The lowest BCUT2D eigenvalue weighted by molar-refractivity contribution is -0.108. The van der Waals surface area contributed by atoms with Crippen LogP contribution in [0.15, 0.2) is 65.8 Å². The zero-order chi connectivity index (χ0) is 21.5. The first kappa shape index (κ1) is 21.8. The molecule has 2 aromatic rings. The van der Waals surface area contributed by atoms with Gasteiger partial charge in [0.05, 0.1) is 0 Å². The van der Waals surface area contributed by atoms with Crippen molar-refractivity contribution in [2.75, 3.05) is 13.1 Å². The molecule has 5 heteroatoms. The lowest BCUT2D eigenvalue weighted by Crippen LogP contribution is -2.50. The summed E-state index contributed by atoms with van der Waals surface area (Å²) in [6.45, 7) is 2.87. The molecule has 2 aromatic carbocycles. The van der Waals surface area contributed by atoms with Gasteiger partial charge in [0.2, 0.25) is 0 Å². The second-order valence-corrected chi connectivity index (χ2v) is 9.22. The highest BCUT2D eigenvalue weighted by molar-refractivity contribution is 5.49. The third kappa shape index (κ3) is 5.28. The maximum atomic E-state index is 12.3. The van der Waals surface area contributed by atoms with Crippen molar-refractivity contribution in [3.8, 4) is 0 Å². The first-order chi connectivity index (χ1) is 15.2. The van der Waals surface area contributed by atoms with Crippen molar-refractivity contribution >= 4 is 6.29 Å². The predicted molar refractivity (Wildman–Crippen MR) is 124 cm³/mol. The summed E-state index contributed by atoms with van der Waals surface area (Å²) in [4.78, 5) is 28.5. The Kier molecular flexibility index (Phi) is 7.25. The largest absolute Gasteiger partial charge is 0.303 e. The predicted octanol–water partition coefficient (Wildman–Crippen LogP) is 4.80. The fraction of sp³-hybridized carbons (Fsp3) is 0.500. The van der Waals surface area contributed by atoms with Crippen molar-refractivity contribution in [3.63, 3.8) is 0 Å². The average Bonchev–Trinajstić information content (AvgIpc) is 2.95. The summed E-state index contributed by atoms with van der Waals surface area (Å²) in [5.74, 6) is 0. The topological polar surface area (TPSA) is 53.0 Å². The Morgan fingerprint density at radius 1 is 0.839 bits per heavy atom. The molecule has 0 amide bonds. The maximum absolute atomic E-state index is 12.3. The number of benzene rings is 2. The third-order valence-corrected chi connectivity index (χ3v) is 7.00. The van der Waals surface area contributed by atoms with Gasteiger partial charge < -0.3 is 4.79 Å². The highest BCUT2D eigenvalue weighted by Crippen LogP contribution is 2.36.